The predicted molar refractivity (Wildman–Crippen MR) is 133 cm³/mol. The number of anilines is 1. The molecule has 1 aliphatic rings. The van der Waals surface area contributed by atoms with Gasteiger partial charge in [0.05, 0.1) is 16.3 Å². The fraction of sp³-hybridized carbons (Fsp3) is 0.227. The number of aromatic nitrogens is 3. The first-order valence-electron chi connectivity index (χ1n) is 10.6. The number of hydroxylamine groups is 2. The second-order valence-electron chi connectivity index (χ2n) is 7.98. The van der Waals surface area contributed by atoms with Crippen LogP contribution < -0.4 is 10.6 Å². The molecule has 2 N–H and O–H groups in total. The molecular formula is C22H16BrCl2F3N6O4. The maximum atomic E-state index is 13.3. The van der Waals surface area contributed by atoms with E-state index in [0.717, 1.165) is 0 Å². The third-order valence-corrected chi connectivity index (χ3v) is 6.11. The lowest BCUT2D eigenvalue weighted by molar-refractivity contribution is -0.214. The van der Waals surface area contributed by atoms with E-state index >= 15 is 0 Å². The third-order valence-electron chi connectivity index (χ3n) is 5.20. The Kier molecular flexibility index (Phi) is 7.97. The lowest BCUT2D eigenvalue weighted by atomic mass is 10.1. The molecule has 38 heavy (non-hydrogen) atoms. The highest BCUT2D eigenvalue weighted by Crippen LogP contribution is 2.28. The Balaban J connectivity index is 1.60. The van der Waals surface area contributed by atoms with Crippen LogP contribution in [-0.2, 0) is 9.63 Å². The molecule has 1 aromatic carbocycles. The molecule has 1 saturated heterocycles. The quantitative estimate of drug-likeness (QED) is 0.416. The van der Waals surface area contributed by atoms with Crippen molar-refractivity contribution in [1.82, 2.24) is 25.1 Å². The zero-order valence-corrected chi connectivity index (χ0v) is 22.2. The highest BCUT2D eigenvalue weighted by molar-refractivity contribution is 9.10. The van der Waals surface area contributed by atoms with E-state index in [0.29, 0.717) is 10.2 Å². The largest absolute Gasteiger partial charge is 0.408 e. The molecule has 2 aromatic heterocycles. The average Bonchev–Trinajstić information content (AvgIpc) is 3.37. The maximum absolute atomic E-state index is 13.3. The molecule has 1 fully saturated rings. The fourth-order valence-electron chi connectivity index (χ4n) is 3.57. The number of pyridine rings is 1. The molecule has 3 aromatic rings. The summed E-state index contributed by atoms with van der Waals surface area (Å²) in [6.07, 6.45) is -3.22. The van der Waals surface area contributed by atoms with Gasteiger partial charge in [-0.25, -0.2) is 14.7 Å². The summed E-state index contributed by atoms with van der Waals surface area (Å²) in [6, 6.07) is 5.94. The number of nitrogens with zero attached hydrogens (tertiary/aromatic N) is 4. The summed E-state index contributed by atoms with van der Waals surface area (Å²) in [5.41, 5.74) is 0.322. The second-order valence-corrected chi connectivity index (χ2v) is 9.64. The SMILES string of the molecule is Cc1cc(Cl)cc(C(=O)NC2CON(CC(F)(F)F)C2=O)c1NC(=O)c1cc(Br)nn1-c1ncccc1Cl. The number of rotatable bonds is 6. The molecule has 1 unspecified atom stereocenters. The number of carbonyl (C=O) groups is 3. The van der Waals surface area contributed by atoms with Gasteiger partial charge in [0.1, 0.15) is 29.5 Å². The van der Waals surface area contributed by atoms with Crippen molar-refractivity contribution in [3.05, 3.63) is 68.0 Å². The summed E-state index contributed by atoms with van der Waals surface area (Å²) in [7, 11) is 0. The van der Waals surface area contributed by atoms with Crippen molar-refractivity contribution >= 4 is 62.5 Å². The molecule has 0 saturated carbocycles. The number of amides is 3. The first kappa shape index (κ1) is 27.8. The van der Waals surface area contributed by atoms with E-state index in [9.17, 15) is 27.6 Å². The van der Waals surface area contributed by atoms with Crippen LogP contribution in [0.25, 0.3) is 5.82 Å². The van der Waals surface area contributed by atoms with E-state index in [4.69, 9.17) is 28.0 Å². The monoisotopic (exact) mass is 634 g/mol. The van der Waals surface area contributed by atoms with Crippen LogP contribution >= 0.6 is 39.1 Å². The van der Waals surface area contributed by atoms with Crippen LogP contribution in [0.1, 0.15) is 26.4 Å². The number of nitrogens with one attached hydrogen (secondary N) is 2. The smallest absolute Gasteiger partial charge is 0.338 e. The van der Waals surface area contributed by atoms with E-state index in [2.05, 4.69) is 36.6 Å². The van der Waals surface area contributed by atoms with Crippen LogP contribution in [0.3, 0.4) is 0 Å². The number of alkyl halides is 3. The van der Waals surface area contributed by atoms with Crippen molar-refractivity contribution in [1.29, 1.82) is 0 Å². The lowest BCUT2D eigenvalue weighted by Gasteiger charge is -2.18. The van der Waals surface area contributed by atoms with Crippen molar-refractivity contribution in [3.8, 4) is 5.82 Å². The molecule has 1 aliphatic heterocycles. The minimum atomic E-state index is -4.68. The Morgan fingerprint density at radius 3 is 2.66 bits per heavy atom. The molecule has 3 heterocycles. The summed E-state index contributed by atoms with van der Waals surface area (Å²) in [5.74, 6) is -2.45. The van der Waals surface area contributed by atoms with Gasteiger partial charge < -0.3 is 10.6 Å². The van der Waals surface area contributed by atoms with Crippen molar-refractivity contribution in [2.75, 3.05) is 18.5 Å². The number of carbonyl (C=O) groups excluding carboxylic acids is 3. The number of aryl methyl sites for hydroxylation is 1. The molecule has 3 amide bonds. The molecule has 0 aliphatic carbocycles. The van der Waals surface area contributed by atoms with Gasteiger partial charge in [0, 0.05) is 17.3 Å². The maximum Gasteiger partial charge on any atom is 0.408 e. The third kappa shape index (κ3) is 6.09. The van der Waals surface area contributed by atoms with Gasteiger partial charge in [-0.1, -0.05) is 23.2 Å². The zero-order chi connectivity index (χ0) is 27.8. The molecule has 0 spiro atoms. The topological polar surface area (TPSA) is 118 Å². The van der Waals surface area contributed by atoms with Crippen molar-refractivity contribution in [3.63, 3.8) is 0 Å². The first-order chi connectivity index (χ1) is 17.8. The van der Waals surface area contributed by atoms with E-state index in [1.165, 1.54) is 29.1 Å². The van der Waals surface area contributed by atoms with Gasteiger partial charge in [-0.2, -0.15) is 18.3 Å². The summed E-state index contributed by atoms with van der Waals surface area (Å²) in [5, 5.41) is 9.67. The minimum absolute atomic E-state index is 0.0142. The van der Waals surface area contributed by atoms with Crippen LogP contribution in [0.15, 0.2) is 41.1 Å². The summed E-state index contributed by atoms with van der Waals surface area (Å²) in [4.78, 5) is 47.6. The Hall–Kier alpha value is -3.20. The van der Waals surface area contributed by atoms with E-state index in [1.54, 1.807) is 19.1 Å². The average molecular weight is 636 g/mol. The zero-order valence-electron chi connectivity index (χ0n) is 19.1. The van der Waals surface area contributed by atoms with Crippen LogP contribution in [0.4, 0.5) is 18.9 Å². The molecule has 1 atom stereocenters. The first-order valence-corrected chi connectivity index (χ1v) is 12.2. The predicted octanol–water partition coefficient (Wildman–Crippen LogP) is 4.33. The van der Waals surface area contributed by atoms with Crippen LogP contribution in [0, 0.1) is 6.92 Å². The number of hydrogen-bond acceptors (Lipinski definition) is 6. The molecule has 0 radical (unpaired) electrons. The van der Waals surface area contributed by atoms with Crippen LogP contribution in [0.2, 0.25) is 10.0 Å². The van der Waals surface area contributed by atoms with Crippen LogP contribution in [0.5, 0.6) is 0 Å². The molecular weight excluding hydrogens is 620 g/mol. The highest BCUT2D eigenvalue weighted by Gasteiger charge is 2.41. The van der Waals surface area contributed by atoms with Gasteiger partial charge in [0.25, 0.3) is 17.7 Å². The highest BCUT2D eigenvalue weighted by atomic mass is 79.9. The van der Waals surface area contributed by atoms with Gasteiger partial charge >= 0.3 is 6.18 Å². The normalized spacial score (nSPS) is 15.6. The van der Waals surface area contributed by atoms with Gasteiger partial charge in [0.15, 0.2) is 5.82 Å². The number of benzene rings is 1. The molecule has 0 bridgehead atoms. The van der Waals surface area contributed by atoms with Gasteiger partial charge in [0.2, 0.25) is 0 Å². The van der Waals surface area contributed by atoms with E-state index in [1.807, 2.05) is 0 Å². The van der Waals surface area contributed by atoms with Crippen molar-refractivity contribution < 1.29 is 32.4 Å². The van der Waals surface area contributed by atoms with Crippen molar-refractivity contribution in [2.45, 2.75) is 19.1 Å². The molecule has 4 rings (SSSR count). The summed E-state index contributed by atoms with van der Waals surface area (Å²) in [6.45, 7) is -0.546. The van der Waals surface area contributed by atoms with Gasteiger partial charge in [-0.15, -0.1) is 0 Å². The van der Waals surface area contributed by atoms with Crippen LogP contribution in [-0.4, -0.2) is 62.9 Å². The van der Waals surface area contributed by atoms with E-state index in [-0.39, 0.29) is 37.9 Å². The second kappa shape index (κ2) is 10.9. The molecule has 10 nitrogen and oxygen atoms in total. The fourth-order valence-corrected chi connectivity index (χ4v) is 4.42. The Bertz CT molecular complexity index is 1430. The van der Waals surface area contributed by atoms with Crippen molar-refractivity contribution in [2.24, 2.45) is 0 Å². The van der Waals surface area contributed by atoms with Gasteiger partial charge in [-0.05, 0) is 52.7 Å². The van der Waals surface area contributed by atoms with Gasteiger partial charge in [-0.3, -0.25) is 19.2 Å². The Morgan fingerprint density at radius 2 is 1.97 bits per heavy atom. The Morgan fingerprint density at radius 1 is 1.24 bits per heavy atom. The standard InChI is InChI=1S/C22H16BrCl2F3N6O4/c1-10-5-11(24)6-12(19(35)30-14-8-38-33(21(14)37)9-22(26,27)28)17(10)31-20(36)15-7-16(23)32-34(15)18-13(25)3-2-4-29-18/h2-7,14H,8-9H2,1H3,(H,30,35)(H,31,36). The number of hydrogen-bond donors (Lipinski definition) is 2. The minimum Gasteiger partial charge on any atom is -0.338 e. The lowest BCUT2D eigenvalue weighted by Crippen LogP contribution is -2.44. The summed E-state index contributed by atoms with van der Waals surface area (Å²) >= 11 is 15.6. The number of halogens is 6. The summed E-state index contributed by atoms with van der Waals surface area (Å²) < 4.78 is 39.5. The van der Waals surface area contributed by atoms with E-state index < -0.39 is 43.1 Å². The Labute approximate surface area is 231 Å². The molecule has 16 heteroatoms. The molecule has 200 valence electrons.